The van der Waals surface area contributed by atoms with Crippen LogP contribution in [-0.4, -0.2) is 19.8 Å². The lowest BCUT2D eigenvalue weighted by molar-refractivity contribution is 0.184. The molecule has 2 atom stereocenters. The molecule has 0 aromatic carbocycles. The molecule has 0 radical (unpaired) electrons. The molecular weight excluding hydrogens is 230 g/mol. The average molecular weight is 253 g/mol. The molecule has 2 rings (SSSR count). The van der Waals surface area contributed by atoms with Gasteiger partial charge in [0.1, 0.15) is 0 Å². The monoisotopic (exact) mass is 253 g/mol. The topological polar surface area (TPSA) is 21.3 Å². The van der Waals surface area contributed by atoms with Gasteiger partial charge in [-0.15, -0.1) is 11.3 Å². The molecular formula is C14H23NOS. The molecule has 1 aliphatic rings. The third-order valence-corrected chi connectivity index (χ3v) is 4.90. The number of nitrogens with one attached hydrogen (secondary N) is 1. The fraction of sp³-hybridized carbons (Fsp3) is 0.714. The predicted molar refractivity (Wildman–Crippen MR) is 73.7 cm³/mol. The van der Waals surface area contributed by atoms with Gasteiger partial charge in [-0.3, -0.25) is 0 Å². The zero-order valence-electron chi connectivity index (χ0n) is 10.9. The highest BCUT2D eigenvalue weighted by Gasteiger charge is 2.15. The Balaban J connectivity index is 1.70. The Morgan fingerprint density at radius 3 is 3.06 bits per heavy atom. The minimum Gasteiger partial charge on any atom is -0.381 e. The SMILES string of the molecule is CCc1ccc(C(C)NCCC2CCOC2)s1. The van der Waals surface area contributed by atoms with E-state index in [9.17, 15) is 0 Å². The molecule has 0 spiro atoms. The second-order valence-corrected chi connectivity index (χ2v) is 6.05. The van der Waals surface area contributed by atoms with Gasteiger partial charge in [0, 0.05) is 29.0 Å². The molecule has 0 aliphatic carbocycles. The summed E-state index contributed by atoms with van der Waals surface area (Å²) < 4.78 is 5.39. The summed E-state index contributed by atoms with van der Waals surface area (Å²) in [5.41, 5.74) is 0. The maximum absolute atomic E-state index is 5.39. The van der Waals surface area contributed by atoms with E-state index in [-0.39, 0.29) is 0 Å². The van der Waals surface area contributed by atoms with Crippen molar-refractivity contribution >= 4 is 11.3 Å². The van der Waals surface area contributed by atoms with Gasteiger partial charge in [-0.1, -0.05) is 6.92 Å². The molecule has 2 nitrogen and oxygen atoms in total. The lowest BCUT2D eigenvalue weighted by Crippen LogP contribution is -2.21. The first kappa shape index (κ1) is 13.1. The standard InChI is InChI=1S/C14H23NOS/c1-3-13-4-5-14(17-13)11(2)15-8-6-12-7-9-16-10-12/h4-5,11-12,15H,3,6-10H2,1-2H3. The Labute approximate surface area is 108 Å². The Kier molecular flexibility index (Phi) is 5.01. The molecule has 1 aromatic heterocycles. The number of thiophene rings is 1. The van der Waals surface area contributed by atoms with Gasteiger partial charge in [0.25, 0.3) is 0 Å². The third-order valence-electron chi connectivity index (χ3n) is 3.48. The van der Waals surface area contributed by atoms with E-state index in [0.29, 0.717) is 6.04 Å². The lowest BCUT2D eigenvalue weighted by atomic mass is 10.1. The van der Waals surface area contributed by atoms with E-state index in [0.717, 1.165) is 32.1 Å². The maximum Gasteiger partial charge on any atom is 0.0495 e. The van der Waals surface area contributed by atoms with Crippen LogP contribution in [0.1, 0.15) is 42.5 Å². The first-order valence-electron chi connectivity index (χ1n) is 6.69. The van der Waals surface area contributed by atoms with Crippen LogP contribution in [0.15, 0.2) is 12.1 Å². The zero-order valence-corrected chi connectivity index (χ0v) is 11.7. The van der Waals surface area contributed by atoms with Crippen LogP contribution in [0.4, 0.5) is 0 Å². The summed E-state index contributed by atoms with van der Waals surface area (Å²) in [5.74, 6) is 0.782. The van der Waals surface area contributed by atoms with Crippen LogP contribution in [0.25, 0.3) is 0 Å². The highest BCUT2D eigenvalue weighted by Crippen LogP contribution is 2.23. The van der Waals surface area contributed by atoms with Crippen LogP contribution >= 0.6 is 11.3 Å². The van der Waals surface area contributed by atoms with Gasteiger partial charge in [-0.2, -0.15) is 0 Å². The molecule has 1 aliphatic heterocycles. The zero-order chi connectivity index (χ0) is 12.1. The number of ether oxygens (including phenoxy) is 1. The molecule has 2 heterocycles. The normalized spacial score (nSPS) is 21.9. The number of hydrogen-bond acceptors (Lipinski definition) is 3. The van der Waals surface area contributed by atoms with Gasteiger partial charge in [-0.05, 0) is 50.8 Å². The molecule has 0 saturated carbocycles. The van der Waals surface area contributed by atoms with Crippen LogP contribution in [0.2, 0.25) is 0 Å². The van der Waals surface area contributed by atoms with Crippen molar-refractivity contribution in [1.82, 2.24) is 5.32 Å². The number of hydrogen-bond donors (Lipinski definition) is 1. The smallest absolute Gasteiger partial charge is 0.0495 e. The van der Waals surface area contributed by atoms with Crippen LogP contribution in [0.3, 0.4) is 0 Å². The van der Waals surface area contributed by atoms with E-state index in [1.807, 2.05) is 11.3 Å². The molecule has 1 aromatic rings. The van der Waals surface area contributed by atoms with Crippen molar-refractivity contribution < 1.29 is 4.74 Å². The Hall–Kier alpha value is -0.380. The minimum atomic E-state index is 0.489. The number of aryl methyl sites for hydroxylation is 1. The fourth-order valence-corrected chi connectivity index (χ4v) is 3.21. The third kappa shape index (κ3) is 3.80. The van der Waals surface area contributed by atoms with E-state index in [1.165, 1.54) is 22.6 Å². The highest BCUT2D eigenvalue weighted by molar-refractivity contribution is 7.12. The lowest BCUT2D eigenvalue weighted by Gasteiger charge is -2.13. The molecule has 0 bridgehead atoms. The summed E-state index contributed by atoms with van der Waals surface area (Å²) in [5, 5.41) is 3.62. The van der Waals surface area contributed by atoms with Crippen molar-refractivity contribution in [1.29, 1.82) is 0 Å². The molecule has 1 N–H and O–H groups in total. The molecule has 0 amide bonds. The summed E-state index contributed by atoms with van der Waals surface area (Å²) in [4.78, 5) is 2.95. The number of rotatable bonds is 6. The van der Waals surface area contributed by atoms with E-state index in [4.69, 9.17) is 4.74 Å². The van der Waals surface area contributed by atoms with E-state index in [1.54, 1.807) is 0 Å². The molecule has 2 unspecified atom stereocenters. The van der Waals surface area contributed by atoms with Crippen molar-refractivity contribution in [2.75, 3.05) is 19.8 Å². The minimum absolute atomic E-state index is 0.489. The van der Waals surface area contributed by atoms with Crippen molar-refractivity contribution in [3.63, 3.8) is 0 Å². The van der Waals surface area contributed by atoms with Gasteiger partial charge in [0.15, 0.2) is 0 Å². The van der Waals surface area contributed by atoms with E-state index in [2.05, 4.69) is 31.3 Å². The van der Waals surface area contributed by atoms with Crippen LogP contribution in [0, 0.1) is 5.92 Å². The summed E-state index contributed by atoms with van der Waals surface area (Å²) in [6, 6.07) is 5.01. The van der Waals surface area contributed by atoms with Gasteiger partial charge in [-0.25, -0.2) is 0 Å². The van der Waals surface area contributed by atoms with E-state index < -0.39 is 0 Å². The van der Waals surface area contributed by atoms with Crippen molar-refractivity contribution in [2.24, 2.45) is 5.92 Å². The highest BCUT2D eigenvalue weighted by atomic mass is 32.1. The van der Waals surface area contributed by atoms with Crippen LogP contribution in [0.5, 0.6) is 0 Å². The van der Waals surface area contributed by atoms with Crippen molar-refractivity contribution in [2.45, 2.75) is 39.2 Å². The first-order chi connectivity index (χ1) is 8.29. The first-order valence-corrected chi connectivity index (χ1v) is 7.51. The quantitative estimate of drug-likeness (QED) is 0.839. The summed E-state index contributed by atoms with van der Waals surface area (Å²) in [6.45, 7) is 7.51. The second kappa shape index (κ2) is 6.53. The summed E-state index contributed by atoms with van der Waals surface area (Å²) in [7, 11) is 0. The molecule has 1 fully saturated rings. The molecule has 3 heteroatoms. The van der Waals surface area contributed by atoms with Gasteiger partial charge in [0.05, 0.1) is 0 Å². The Bertz CT molecular complexity index is 331. The van der Waals surface area contributed by atoms with E-state index >= 15 is 0 Å². The molecule has 96 valence electrons. The van der Waals surface area contributed by atoms with Crippen LogP contribution < -0.4 is 5.32 Å². The second-order valence-electron chi connectivity index (χ2n) is 4.85. The largest absolute Gasteiger partial charge is 0.381 e. The summed E-state index contributed by atoms with van der Waals surface area (Å²) in [6.07, 6.45) is 3.64. The molecule has 1 saturated heterocycles. The fourth-order valence-electron chi connectivity index (χ4n) is 2.23. The molecule has 17 heavy (non-hydrogen) atoms. The van der Waals surface area contributed by atoms with Gasteiger partial charge >= 0.3 is 0 Å². The van der Waals surface area contributed by atoms with Gasteiger partial charge in [0.2, 0.25) is 0 Å². The Morgan fingerprint density at radius 1 is 1.53 bits per heavy atom. The summed E-state index contributed by atoms with van der Waals surface area (Å²) >= 11 is 1.94. The maximum atomic E-state index is 5.39. The van der Waals surface area contributed by atoms with Crippen LogP contribution in [-0.2, 0) is 11.2 Å². The van der Waals surface area contributed by atoms with Gasteiger partial charge < -0.3 is 10.1 Å². The van der Waals surface area contributed by atoms with Crippen molar-refractivity contribution in [3.8, 4) is 0 Å². The Morgan fingerprint density at radius 2 is 2.41 bits per heavy atom. The van der Waals surface area contributed by atoms with Crippen molar-refractivity contribution in [3.05, 3.63) is 21.9 Å². The average Bonchev–Trinajstić information content (AvgIpc) is 2.99. The predicted octanol–water partition coefficient (Wildman–Crippen LogP) is 3.39.